The fourth-order valence-electron chi connectivity index (χ4n) is 4.49. The summed E-state index contributed by atoms with van der Waals surface area (Å²) >= 11 is 0. The van der Waals surface area contributed by atoms with Crippen LogP contribution in [0.1, 0.15) is 64.7 Å². The average Bonchev–Trinajstić information content (AvgIpc) is 2.82. The highest BCUT2D eigenvalue weighted by Crippen LogP contribution is 2.38. The smallest absolute Gasteiger partial charge is 0.325 e. The Morgan fingerprint density at radius 1 is 1.17 bits per heavy atom. The maximum atomic E-state index is 12.8. The summed E-state index contributed by atoms with van der Waals surface area (Å²) in [5.41, 5.74) is -0.779. The van der Waals surface area contributed by atoms with E-state index in [0.29, 0.717) is 18.9 Å². The molecule has 3 aliphatic rings. The molecule has 1 aliphatic heterocycles. The van der Waals surface area contributed by atoms with Gasteiger partial charge in [0.15, 0.2) is 0 Å². The van der Waals surface area contributed by atoms with E-state index in [1.54, 1.807) is 0 Å². The Hall–Kier alpha value is -1.59. The van der Waals surface area contributed by atoms with Gasteiger partial charge in [0.1, 0.15) is 12.1 Å². The normalized spacial score (nSPS) is 31.4. The molecule has 3 fully saturated rings. The van der Waals surface area contributed by atoms with Crippen molar-refractivity contribution in [1.82, 2.24) is 15.5 Å². The molecule has 0 aromatic rings. The molecule has 1 spiro atoms. The molecular formula is C18H29N3O3. The number of carbonyl (C=O) groups excluding carboxylic acids is 3. The van der Waals surface area contributed by atoms with Gasteiger partial charge in [-0.1, -0.05) is 39.0 Å². The Balaban J connectivity index is 1.55. The van der Waals surface area contributed by atoms with Gasteiger partial charge in [-0.3, -0.25) is 14.5 Å². The highest BCUT2D eigenvalue weighted by molar-refractivity contribution is 6.09. The SMILES string of the molecule is C[C@@H]1CCCC[C@@]12NC(=O)N(CC(=O)NCC1CCCCC1)C2=O. The third-order valence-electron chi connectivity index (χ3n) is 6.12. The van der Waals surface area contributed by atoms with Gasteiger partial charge in [0.2, 0.25) is 5.91 Å². The molecule has 6 nitrogen and oxygen atoms in total. The molecule has 0 unspecified atom stereocenters. The molecule has 2 N–H and O–H groups in total. The maximum absolute atomic E-state index is 12.8. The van der Waals surface area contributed by atoms with Crippen LogP contribution in [0.5, 0.6) is 0 Å². The van der Waals surface area contributed by atoms with Crippen molar-refractivity contribution in [3.05, 3.63) is 0 Å². The first-order valence-electron chi connectivity index (χ1n) is 9.44. The summed E-state index contributed by atoms with van der Waals surface area (Å²) in [4.78, 5) is 38.4. The van der Waals surface area contributed by atoms with Gasteiger partial charge in [-0.15, -0.1) is 0 Å². The van der Waals surface area contributed by atoms with E-state index in [9.17, 15) is 14.4 Å². The maximum Gasteiger partial charge on any atom is 0.325 e. The number of nitrogens with zero attached hydrogens (tertiary/aromatic N) is 1. The van der Waals surface area contributed by atoms with E-state index in [-0.39, 0.29) is 24.3 Å². The van der Waals surface area contributed by atoms with Gasteiger partial charge in [-0.25, -0.2) is 4.79 Å². The second-order valence-electron chi connectivity index (χ2n) is 7.75. The predicted molar refractivity (Wildman–Crippen MR) is 90.2 cm³/mol. The second-order valence-corrected chi connectivity index (χ2v) is 7.75. The Morgan fingerprint density at radius 2 is 1.88 bits per heavy atom. The molecular weight excluding hydrogens is 306 g/mol. The molecule has 6 heteroatoms. The highest BCUT2D eigenvalue weighted by Gasteiger charge is 2.55. The topological polar surface area (TPSA) is 78.5 Å². The number of amides is 4. The van der Waals surface area contributed by atoms with E-state index in [2.05, 4.69) is 10.6 Å². The fraction of sp³-hybridized carbons (Fsp3) is 0.833. The molecule has 0 bridgehead atoms. The van der Waals surface area contributed by atoms with Crippen LogP contribution < -0.4 is 10.6 Å². The van der Waals surface area contributed by atoms with E-state index in [0.717, 1.165) is 37.0 Å². The second kappa shape index (κ2) is 7.11. The summed E-state index contributed by atoms with van der Waals surface area (Å²) < 4.78 is 0. The summed E-state index contributed by atoms with van der Waals surface area (Å²) in [5, 5.41) is 5.80. The van der Waals surface area contributed by atoms with Gasteiger partial charge in [0, 0.05) is 6.54 Å². The number of nitrogens with one attached hydrogen (secondary N) is 2. The van der Waals surface area contributed by atoms with Crippen LogP contribution in [0.25, 0.3) is 0 Å². The van der Waals surface area contributed by atoms with Crippen molar-refractivity contribution in [2.75, 3.05) is 13.1 Å². The summed E-state index contributed by atoms with van der Waals surface area (Å²) in [5.74, 6) is 0.214. The Kier molecular flexibility index (Phi) is 5.11. The first-order chi connectivity index (χ1) is 11.5. The molecule has 4 amide bonds. The van der Waals surface area contributed by atoms with Gasteiger partial charge in [0.25, 0.3) is 5.91 Å². The van der Waals surface area contributed by atoms with Gasteiger partial charge in [-0.2, -0.15) is 0 Å². The average molecular weight is 335 g/mol. The van der Waals surface area contributed by atoms with E-state index in [4.69, 9.17) is 0 Å². The Morgan fingerprint density at radius 3 is 2.58 bits per heavy atom. The molecule has 1 saturated heterocycles. The van der Waals surface area contributed by atoms with Crippen molar-refractivity contribution >= 4 is 17.8 Å². The van der Waals surface area contributed by atoms with Crippen molar-refractivity contribution in [2.24, 2.45) is 11.8 Å². The fourth-order valence-corrected chi connectivity index (χ4v) is 4.49. The monoisotopic (exact) mass is 335 g/mol. The largest absolute Gasteiger partial charge is 0.354 e. The molecule has 0 aromatic heterocycles. The standard InChI is InChI=1S/C18H29N3O3/c1-13-7-5-6-10-18(13)16(23)21(17(24)20-18)12-15(22)19-11-14-8-3-2-4-9-14/h13-14H,2-12H2,1H3,(H,19,22)(H,20,24)/t13-,18-/m1/s1. The van der Waals surface area contributed by atoms with Crippen LogP contribution in [-0.2, 0) is 9.59 Å². The van der Waals surface area contributed by atoms with Crippen molar-refractivity contribution < 1.29 is 14.4 Å². The molecule has 1 heterocycles. The van der Waals surface area contributed by atoms with E-state index in [1.807, 2.05) is 6.92 Å². The van der Waals surface area contributed by atoms with Crippen molar-refractivity contribution in [2.45, 2.75) is 70.3 Å². The van der Waals surface area contributed by atoms with Crippen LogP contribution >= 0.6 is 0 Å². The lowest BCUT2D eigenvalue weighted by molar-refractivity contribution is -0.137. The third-order valence-corrected chi connectivity index (χ3v) is 6.12. The number of hydrogen-bond donors (Lipinski definition) is 2. The minimum absolute atomic E-state index is 0.123. The Labute approximate surface area is 143 Å². The summed E-state index contributed by atoms with van der Waals surface area (Å²) in [6.45, 7) is 2.51. The zero-order chi connectivity index (χ0) is 17.2. The lowest BCUT2D eigenvalue weighted by atomic mass is 9.73. The molecule has 0 aromatic carbocycles. The summed E-state index contributed by atoms with van der Waals surface area (Å²) in [6.07, 6.45) is 9.71. The van der Waals surface area contributed by atoms with Crippen molar-refractivity contribution in [3.8, 4) is 0 Å². The van der Waals surface area contributed by atoms with Gasteiger partial charge in [-0.05, 0) is 37.5 Å². The van der Waals surface area contributed by atoms with E-state index < -0.39 is 11.6 Å². The van der Waals surface area contributed by atoms with Crippen LogP contribution in [0.2, 0.25) is 0 Å². The summed E-state index contributed by atoms with van der Waals surface area (Å²) in [7, 11) is 0. The minimum Gasteiger partial charge on any atom is -0.354 e. The number of imide groups is 1. The van der Waals surface area contributed by atoms with Gasteiger partial charge >= 0.3 is 6.03 Å². The molecule has 2 aliphatic carbocycles. The van der Waals surface area contributed by atoms with Crippen LogP contribution in [0.4, 0.5) is 4.79 Å². The van der Waals surface area contributed by atoms with Crippen LogP contribution in [0.15, 0.2) is 0 Å². The van der Waals surface area contributed by atoms with Crippen LogP contribution in [-0.4, -0.2) is 41.4 Å². The highest BCUT2D eigenvalue weighted by atomic mass is 16.2. The molecule has 134 valence electrons. The molecule has 2 atom stereocenters. The lowest BCUT2D eigenvalue weighted by Crippen LogP contribution is -2.54. The number of rotatable bonds is 4. The lowest BCUT2D eigenvalue weighted by Gasteiger charge is -2.36. The van der Waals surface area contributed by atoms with Crippen LogP contribution in [0, 0.1) is 11.8 Å². The zero-order valence-corrected chi connectivity index (χ0v) is 14.6. The van der Waals surface area contributed by atoms with Gasteiger partial charge < -0.3 is 10.6 Å². The quantitative estimate of drug-likeness (QED) is 0.773. The summed E-state index contributed by atoms with van der Waals surface area (Å²) in [6, 6.07) is -0.415. The third kappa shape index (κ3) is 3.28. The van der Waals surface area contributed by atoms with E-state index in [1.165, 1.54) is 19.3 Å². The minimum atomic E-state index is -0.779. The van der Waals surface area contributed by atoms with Crippen molar-refractivity contribution in [3.63, 3.8) is 0 Å². The first kappa shape index (κ1) is 17.2. The number of urea groups is 1. The molecule has 3 rings (SSSR count). The first-order valence-corrected chi connectivity index (χ1v) is 9.44. The molecule has 2 saturated carbocycles. The van der Waals surface area contributed by atoms with Gasteiger partial charge in [0.05, 0.1) is 0 Å². The van der Waals surface area contributed by atoms with E-state index >= 15 is 0 Å². The number of hydrogen-bond acceptors (Lipinski definition) is 3. The van der Waals surface area contributed by atoms with Crippen LogP contribution in [0.3, 0.4) is 0 Å². The predicted octanol–water partition coefficient (Wildman–Crippen LogP) is 2.18. The number of carbonyl (C=O) groups is 3. The van der Waals surface area contributed by atoms with Crippen molar-refractivity contribution in [1.29, 1.82) is 0 Å². The zero-order valence-electron chi connectivity index (χ0n) is 14.6. The Bertz CT molecular complexity index is 516. The molecule has 0 radical (unpaired) electrons. The molecule has 24 heavy (non-hydrogen) atoms.